The fourth-order valence-corrected chi connectivity index (χ4v) is 10.0. The molecule has 28 heavy (non-hydrogen) atoms. The molecule has 0 aromatic carbocycles. The van der Waals surface area contributed by atoms with Crippen LogP contribution in [0.2, 0.25) is 0 Å². The van der Waals surface area contributed by atoms with Gasteiger partial charge in [0.2, 0.25) is 0 Å². The summed E-state index contributed by atoms with van der Waals surface area (Å²) in [5.41, 5.74) is 4.60. The fraction of sp³-hybridized carbons (Fsp3) is 0.923. The number of rotatable bonds is 4. The average molecular weight is 425 g/mol. The molecule has 4 aliphatic rings. The van der Waals surface area contributed by atoms with Crippen molar-refractivity contribution in [1.82, 2.24) is 0 Å². The Morgan fingerprint density at radius 3 is 0.679 bits per heavy atom. The molecule has 0 unspecified atom stereocenters. The molecule has 0 radical (unpaired) electrons. The Bertz CT molecular complexity index is 279. The van der Waals surface area contributed by atoms with E-state index in [9.17, 15) is 0 Å². The summed E-state index contributed by atoms with van der Waals surface area (Å²) in [6.07, 6.45) is 30.9. The van der Waals surface area contributed by atoms with E-state index in [1.54, 1.807) is 51.4 Å². The highest BCUT2D eigenvalue weighted by Crippen LogP contribution is 2.42. The number of hydrogen-bond donors (Lipinski definition) is 0. The van der Waals surface area contributed by atoms with Gasteiger partial charge in [0, 0.05) is 0 Å². The number of hydrogen-bond acceptors (Lipinski definition) is 0. The third-order valence-corrected chi connectivity index (χ3v) is 11.6. The molecule has 0 nitrogen and oxygen atoms in total. The first-order chi connectivity index (χ1) is 13.9. The monoisotopic (exact) mass is 424 g/mol. The smallest absolute Gasteiger partial charge is 0.0234 e. The van der Waals surface area contributed by atoms with E-state index in [1.165, 1.54) is 94.2 Å². The summed E-state index contributed by atoms with van der Waals surface area (Å²) in [6.45, 7) is 6.00. The molecule has 2 heteroatoms. The van der Waals surface area contributed by atoms with Crippen LogP contribution >= 0.6 is 17.2 Å². The quantitative estimate of drug-likeness (QED) is 0.311. The molecular formula is C26H50P2. The van der Waals surface area contributed by atoms with Gasteiger partial charge in [0.1, 0.15) is 0 Å². The van der Waals surface area contributed by atoms with Crippen molar-refractivity contribution in [3.05, 3.63) is 13.2 Å². The maximum atomic E-state index is 3.00. The van der Waals surface area contributed by atoms with Crippen LogP contribution in [0.25, 0.3) is 0 Å². The molecule has 4 saturated carbocycles. The predicted molar refractivity (Wildman–Crippen MR) is 135 cm³/mol. The molecule has 0 aromatic heterocycles. The summed E-state index contributed by atoms with van der Waals surface area (Å²) in [7, 11) is 2.66. The Morgan fingerprint density at radius 2 is 0.500 bits per heavy atom. The minimum Gasteiger partial charge on any atom is -0.116 e. The van der Waals surface area contributed by atoms with Crippen molar-refractivity contribution >= 4 is 17.2 Å². The molecule has 0 aromatic rings. The van der Waals surface area contributed by atoms with Crippen molar-refractivity contribution in [2.24, 2.45) is 0 Å². The predicted octanol–water partition coefficient (Wildman–Crippen LogP) is 9.46. The molecule has 4 fully saturated rings. The Morgan fingerprint density at radius 1 is 0.321 bits per heavy atom. The van der Waals surface area contributed by atoms with E-state index in [0.29, 0.717) is 0 Å². The van der Waals surface area contributed by atoms with Crippen molar-refractivity contribution in [3.63, 3.8) is 0 Å². The molecular weight excluding hydrogens is 374 g/mol. The van der Waals surface area contributed by atoms with Gasteiger partial charge in [-0.15, -0.1) is 30.3 Å². The first kappa shape index (κ1) is 24.9. The van der Waals surface area contributed by atoms with Crippen molar-refractivity contribution in [1.29, 1.82) is 0 Å². The SMILES string of the molecule is C1CCC(PC2CCCCC2)CC1.C1CCC(PC2CCCCC2)CC1.C=C. The van der Waals surface area contributed by atoms with Crippen LogP contribution in [0.3, 0.4) is 0 Å². The molecule has 164 valence electrons. The zero-order chi connectivity index (χ0) is 19.9. The van der Waals surface area contributed by atoms with Crippen LogP contribution < -0.4 is 0 Å². The molecule has 0 bridgehead atoms. The van der Waals surface area contributed by atoms with E-state index in [4.69, 9.17) is 0 Å². The lowest BCUT2D eigenvalue weighted by molar-refractivity contribution is 0.490. The van der Waals surface area contributed by atoms with Gasteiger partial charge < -0.3 is 0 Å². The maximum Gasteiger partial charge on any atom is -0.0234 e. The first-order valence-corrected chi connectivity index (χ1v) is 15.2. The largest absolute Gasteiger partial charge is 0.116 e. The highest BCUT2D eigenvalue weighted by atomic mass is 31.1. The molecule has 0 N–H and O–H groups in total. The molecule has 0 saturated heterocycles. The Balaban J connectivity index is 0.000000184. The van der Waals surface area contributed by atoms with E-state index in [0.717, 1.165) is 22.6 Å². The van der Waals surface area contributed by atoms with Crippen molar-refractivity contribution < 1.29 is 0 Å². The minimum atomic E-state index is 1.15. The van der Waals surface area contributed by atoms with Gasteiger partial charge in [0.05, 0.1) is 0 Å². The second kappa shape index (κ2) is 16.3. The lowest BCUT2D eigenvalue weighted by Crippen LogP contribution is -2.14. The standard InChI is InChI=1S/2C12H23P.C2H4/c2*1-3-7-11(8-4-1)13-12-9-5-2-6-10-12;1-2/h2*11-13H,1-10H2;1-2H2. The van der Waals surface area contributed by atoms with Crippen LogP contribution in [0.1, 0.15) is 128 Å². The zero-order valence-electron chi connectivity index (χ0n) is 18.9. The normalized spacial score (nSPS) is 25.9. The van der Waals surface area contributed by atoms with Gasteiger partial charge in [-0.2, -0.15) is 0 Å². The molecule has 4 rings (SSSR count). The van der Waals surface area contributed by atoms with Gasteiger partial charge in [-0.25, -0.2) is 0 Å². The summed E-state index contributed by atoms with van der Waals surface area (Å²) >= 11 is 0. The zero-order valence-corrected chi connectivity index (χ0v) is 20.9. The van der Waals surface area contributed by atoms with Crippen LogP contribution in [-0.2, 0) is 0 Å². The molecule has 0 amide bonds. The van der Waals surface area contributed by atoms with Gasteiger partial charge in [-0.1, -0.05) is 77.0 Å². The molecule has 0 spiro atoms. The van der Waals surface area contributed by atoms with Gasteiger partial charge in [0.25, 0.3) is 0 Å². The van der Waals surface area contributed by atoms with E-state index in [-0.39, 0.29) is 0 Å². The van der Waals surface area contributed by atoms with Gasteiger partial charge in [-0.3, -0.25) is 0 Å². The first-order valence-electron chi connectivity index (χ1n) is 12.9. The van der Waals surface area contributed by atoms with Crippen LogP contribution in [0, 0.1) is 0 Å². The van der Waals surface area contributed by atoms with Gasteiger partial charge >= 0.3 is 0 Å². The molecule has 0 heterocycles. The van der Waals surface area contributed by atoms with E-state index >= 15 is 0 Å². The van der Waals surface area contributed by atoms with Crippen LogP contribution in [-0.4, -0.2) is 22.6 Å². The van der Waals surface area contributed by atoms with E-state index in [1.807, 2.05) is 0 Å². The van der Waals surface area contributed by atoms with Crippen LogP contribution in [0.15, 0.2) is 13.2 Å². The molecule has 0 aliphatic heterocycles. The minimum absolute atomic E-state index is 1.15. The Hall–Kier alpha value is 0.600. The fourth-order valence-electron chi connectivity index (χ4n) is 5.74. The van der Waals surface area contributed by atoms with E-state index < -0.39 is 0 Å². The highest BCUT2D eigenvalue weighted by molar-refractivity contribution is 7.40. The maximum absolute atomic E-state index is 3.00. The lowest BCUT2D eigenvalue weighted by Gasteiger charge is -2.28. The molecule has 0 atom stereocenters. The lowest BCUT2D eigenvalue weighted by atomic mass is 10.00. The third kappa shape index (κ3) is 10.6. The van der Waals surface area contributed by atoms with Crippen LogP contribution in [0.4, 0.5) is 0 Å². The van der Waals surface area contributed by atoms with Gasteiger partial charge in [0.15, 0.2) is 0 Å². The third-order valence-electron chi connectivity index (χ3n) is 7.36. The summed E-state index contributed by atoms with van der Waals surface area (Å²) in [5, 5.41) is 0. The second-order valence-corrected chi connectivity index (χ2v) is 13.6. The summed E-state index contributed by atoms with van der Waals surface area (Å²) in [6, 6.07) is 0. The topological polar surface area (TPSA) is 0 Å². The highest BCUT2D eigenvalue weighted by Gasteiger charge is 2.21. The second-order valence-electron chi connectivity index (χ2n) is 9.67. The van der Waals surface area contributed by atoms with Gasteiger partial charge in [-0.05, 0) is 74.0 Å². The van der Waals surface area contributed by atoms with Crippen LogP contribution in [0.5, 0.6) is 0 Å². The van der Waals surface area contributed by atoms with Crippen molar-refractivity contribution in [2.75, 3.05) is 0 Å². The Kier molecular flexibility index (Phi) is 14.5. The van der Waals surface area contributed by atoms with Crippen molar-refractivity contribution in [2.45, 2.75) is 151 Å². The Labute approximate surface area is 181 Å². The molecule has 4 aliphatic carbocycles. The summed E-state index contributed by atoms with van der Waals surface area (Å²) in [4.78, 5) is 0. The van der Waals surface area contributed by atoms with E-state index in [2.05, 4.69) is 13.2 Å². The van der Waals surface area contributed by atoms with Crippen molar-refractivity contribution in [3.8, 4) is 0 Å². The summed E-state index contributed by atoms with van der Waals surface area (Å²) in [5.74, 6) is 0. The average Bonchev–Trinajstić information content (AvgIpc) is 2.79. The summed E-state index contributed by atoms with van der Waals surface area (Å²) < 4.78 is 0.